The predicted octanol–water partition coefficient (Wildman–Crippen LogP) is 2.88. The number of azide groups is 2. The Bertz CT molecular complexity index is 395. The first kappa shape index (κ1) is 27.4. The van der Waals surface area contributed by atoms with E-state index >= 15 is 0 Å². The van der Waals surface area contributed by atoms with Gasteiger partial charge in [-0.15, -0.1) is 0 Å². The van der Waals surface area contributed by atoms with Gasteiger partial charge in [0.2, 0.25) is 0 Å². The Labute approximate surface area is 172 Å². The normalized spacial score (nSPS) is 10.5. The van der Waals surface area contributed by atoms with Crippen molar-refractivity contribution >= 4 is 0 Å². The van der Waals surface area contributed by atoms with Gasteiger partial charge in [-0.25, -0.2) is 0 Å². The van der Waals surface area contributed by atoms with Crippen molar-refractivity contribution in [1.82, 2.24) is 0 Å². The van der Waals surface area contributed by atoms with Crippen LogP contribution in [0.1, 0.15) is 19.3 Å². The largest absolute Gasteiger partial charge is 0.379 e. The Morgan fingerprint density at radius 2 is 0.724 bits per heavy atom. The van der Waals surface area contributed by atoms with Crippen LogP contribution in [0, 0.1) is 0 Å². The molecule has 0 fully saturated rings. The number of hydrogen-bond acceptors (Lipinski definition) is 8. The Hall–Kier alpha value is -1.62. The van der Waals surface area contributed by atoms with E-state index in [0.717, 1.165) is 32.5 Å². The number of unbranched alkanes of at least 4 members (excludes halogenated alkanes) is 2. The minimum Gasteiger partial charge on any atom is -0.379 e. The summed E-state index contributed by atoms with van der Waals surface area (Å²) < 4.78 is 32.1. The molecule has 0 unspecified atom stereocenters. The smallest absolute Gasteiger partial charge is 0.0701 e. The fourth-order valence-electron chi connectivity index (χ4n) is 1.97. The van der Waals surface area contributed by atoms with Crippen molar-refractivity contribution in [2.24, 2.45) is 10.2 Å². The Balaban J connectivity index is 3.01. The van der Waals surface area contributed by atoms with Crippen molar-refractivity contribution in [3.05, 3.63) is 20.9 Å². The first-order valence-corrected chi connectivity index (χ1v) is 9.90. The zero-order valence-electron chi connectivity index (χ0n) is 17.2. The van der Waals surface area contributed by atoms with E-state index in [9.17, 15) is 0 Å². The van der Waals surface area contributed by atoms with Crippen LogP contribution in [0.2, 0.25) is 0 Å². The van der Waals surface area contributed by atoms with E-state index in [2.05, 4.69) is 20.1 Å². The fourth-order valence-corrected chi connectivity index (χ4v) is 1.97. The van der Waals surface area contributed by atoms with Crippen molar-refractivity contribution in [2.45, 2.75) is 19.3 Å². The zero-order chi connectivity index (χ0) is 21.1. The second kappa shape index (κ2) is 26.4. The summed E-state index contributed by atoms with van der Waals surface area (Å²) in [5, 5.41) is 6.73. The number of ether oxygens (including phenoxy) is 6. The van der Waals surface area contributed by atoms with Gasteiger partial charge in [-0.2, -0.15) is 0 Å². The summed E-state index contributed by atoms with van der Waals surface area (Å²) in [6.07, 6.45) is 3.05. The minimum atomic E-state index is 0.343. The first-order valence-electron chi connectivity index (χ1n) is 9.90. The van der Waals surface area contributed by atoms with Crippen molar-refractivity contribution in [1.29, 1.82) is 0 Å². The fraction of sp³-hybridized carbons (Fsp3) is 1.00. The molecule has 0 aromatic carbocycles. The molecule has 0 N–H and O–H groups in total. The highest BCUT2D eigenvalue weighted by Gasteiger charge is 1.95. The van der Waals surface area contributed by atoms with E-state index in [1.165, 1.54) is 0 Å². The summed E-state index contributed by atoms with van der Waals surface area (Å²) in [6.45, 7) is 7.16. The average Bonchev–Trinajstić information content (AvgIpc) is 2.74. The maximum Gasteiger partial charge on any atom is 0.0701 e. The lowest BCUT2D eigenvalue weighted by molar-refractivity contribution is 0.0119. The Morgan fingerprint density at radius 3 is 1.07 bits per heavy atom. The molecule has 0 aliphatic rings. The van der Waals surface area contributed by atoms with Crippen LogP contribution in [0.15, 0.2) is 10.2 Å². The summed E-state index contributed by atoms with van der Waals surface area (Å²) in [4.78, 5) is 5.27. The molecule has 0 atom stereocenters. The summed E-state index contributed by atoms with van der Waals surface area (Å²) in [7, 11) is 0. The van der Waals surface area contributed by atoms with E-state index in [1.54, 1.807) is 0 Å². The Kier molecular flexibility index (Phi) is 24.9. The van der Waals surface area contributed by atoms with Crippen molar-refractivity contribution in [3.63, 3.8) is 0 Å². The molecule has 0 aliphatic heterocycles. The third-order valence-corrected chi connectivity index (χ3v) is 3.36. The average molecular weight is 418 g/mol. The van der Waals surface area contributed by atoms with E-state index in [1.807, 2.05) is 0 Å². The SMILES string of the molecule is [N-]=[N+]=NCCOCCOCCOCCCCCOCCOCCOCCN=[N+]=[N-]. The Morgan fingerprint density at radius 1 is 0.414 bits per heavy atom. The number of hydrogen-bond donors (Lipinski definition) is 0. The summed E-state index contributed by atoms with van der Waals surface area (Å²) in [6, 6.07) is 0. The van der Waals surface area contributed by atoms with Gasteiger partial charge < -0.3 is 28.4 Å². The maximum atomic E-state index is 8.09. The molecule has 0 rings (SSSR count). The molecule has 0 aliphatic carbocycles. The molecule has 0 spiro atoms. The highest BCUT2D eigenvalue weighted by atomic mass is 16.5. The lowest BCUT2D eigenvalue weighted by Gasteiger charge is -2.07. The molecule has 0 aromatic rings. The molecule has 0 heterocycles. The molecule has 0 saturated carbocycles. The highest BCUT2D eigenvalue weighted by Crippen LogP contribution is 1.97. The molecule has 0 aromatic heterocycles. The number of rotatable bonds is 24. The van der Waals surface area contributed by atoms with Crippen LogP contribution in [0.3, 0.4) is 0 Å². The molecular weight excluding hydrogens is 384 g/mol. The van der Waals surface area contributed by atoms with Gasteiger partial charge in [-0.05, 0) is 30.3 Å². The van der Waals surface area contributed by atoms with Gasteiger partial charge in [0, 0.05) is 36.1 Å². The molecule has 12 nitrogen and oxygen atoms in total. The van der Waals surface area contributed by atoms with Crippen LogP contribution in [-0.2, 0) is 28.4 Å². The minimum absolute atomic E-state index is 0.343. The molecule has 0 bridgehead atoms. The predicted molar refractivity (Wildman–Crippen MR) is 107 cm³/mol. The van der Waals surface area contributed by atoms with E-state index in [-0.39, 0.29) is 0 Å². The van der Waals surface area contributed by atoms with E-state index in [0.29, 0.717) is 79.2 Å². The van der Waals surface area contributed by atoms with Gasteiger partial charge in [0.15, 0.2) is 0 Å². The van der Waals surface area contributed by atoms with Gasteiger partial charge in [-0.3, -0.25) is 0 Å². The van der Waals surface area contributed by atoms with Crippen molar-refractivity contribution < 1.29 is 28.4 Å². The molecule has 0 radical (unpaired) electrons. The molecular formula is C17H34N6O6. The standard InChI is InChI=1S/C17H34N6O6/c18-22-20-4-8-26-12-16-28-14-10-24-6-2-1-3-7-25-11-15-29-17-13-27-9-5-21-23-19/h1-17H2. The number of nitrogens with zero attached hydrogens (tertiary/aromatic N) is 6. The van der Waals surface area contributed by atoms with Gasteiger partial charge in [0.1, 0.15) is 0 Å². The van der Waals surface area contributed by atoms with Crippen LogP contribution in [0.4, 0.5) is 0 Å². The van der Waals surface area contributed by atoms with Crippen LogP contribution in [0.5, 0.6) is 0 Å². The van der Waals surface area contributed by atoms with Crippen molar-refractivity contribution in [2.75, 3.05) is 92.4 Å². The summed E-state index contributed by atoms with van der Waals surface area (Å²) in [5.74, 6) is 0. The quantitative estimate of drug-likeness (QED) is 0.102. The molecule has 0 amide bonds. The molecule has 12 heteroatoms. The van der Waals surface area contributed by atoms with E-state index < -0.39 is 0 Å². The summed E-state index contributed by atoms with van der Waals surface area (Å²) in [5.41, 5.74) is 16.2. The van der Waals surface area contributed by atoms with Gasteiger partial charge in [-0.1, -0.05) is 10.2 Å². The molecule has 0 saturated heterocycles. The van der Waals surface area contributed by atoms with Crippen LogP contribution in [-0.4, -0.2) is 92.4 Å². The lowest BCUT2D eigenvalue weighted by atomic mass is 10.2. The topological polar surface area (TPSA) is 153 Å². The second-order valence-electron chi connectivity index (χ2n) is 5.64. The van der Waals surface area contributed by atoms with Crippen LogP contribution >= 0.6 is 0 Å². The second-order valence-corrected chi connectivity index (χ2v) is 5.64. The highest BCUT2D eigenvalue weighted by molar-refractivity contribution is 4.45. The van der Waals surface area contributed by atoms with Gasteiger partial charge in [0.25, 0.3) is 0 Å². The van der Waals surface area contributed by atoms with Crippen LogP contribution < -0.4 is 0 Å². The zero-order valence-corrected chi connectivity index (χ0v) is 17.2. The van der Waals surface area contributed by atoms with E-state index in [4.69, 9.17) is 39.5 Å². The third-order valence-electron chi connectivity index (χ3n) is 3.36. The molecule has 168 valence electrons. The first-order chi connectivity index (χ1) is 14.4. The van der Waals surface area contributed by atoms with Crippen molar-refractivity contribution in [3.8, 4) is 0 Å². The molecule has 29 heavy (non-hydrogen) atoms. The summed E-state index contributed by atoms with van der Waals surface area (Å²) >= 11 is 0. The maximum absolute atomic E-state index is 8.09. The lowest BCUT2D eigenvalue weighted by Crippen LogP contribution is -2.11. The van der Waals surface area contributed by atoms with Gasteiger partial charge >= 0.3 is 0 Å². The third kappa shape index (κ3) is 26.4. The van der Waals surface area contributed by atoms with Gasteiger partial charge in [0.05, 0.1) is 66.1 Å². The monoisotopic (exact) mass is 418 g/mol. The van der Waals surface area contributed by atoms with Crippen LogP contribution in [0.25, 0.3) is 20.9 Å².